The Bertz CT molecular complexity index is 927. The van der Waals surface area contributed by atoms with Gasteiger partial charge in [-0.25, -0.2) is 9.59 Å². The van der Waals surface area contributed by atoms with Crippen molar-refractivity contribution in [1.29, 1.82) is 0 Å². The molecular formula is C20H20N2O6S. The standard InChI is InChI=1S/C20H20N2O6S/c1-12(23)21-14-5-7-15(8-6-14)29-11-18(24)22-17-10-13(19(25)27-2)4-9-16(17)20(26)28-3/h4-10H,11H2,1-3H3,(H,21,23)(H,22,24). The van der Waals surface area contributed by atoms with Gasteiger partial charge in [0.25, 0.3) is 0 Å². The van der Waals surface area contributed by atoms with Crippen molar-refractivity contribution >= 4 is 46.9 Å². The molecule has 0 aliphatic heterocycles. The zero-order valence-corrected chi connectivity index (χ0v) is 16.9. The molecule has 0 radical (unpaired) electrons. The average Bonchev–Trinajstić information content (AvgIpc) is 2.71. The summed E-state index contributed by atoms with van der Waals surface area (Å²) in [6.07, 6.45) is 0. The highest BCUT2D eigenvalue weighted by molar-refractivity contribution is 8.00. The van der Waals surface area contributed by atoms with E-state index >= 15 is 0 Å². The number of carbonyl (C=O) groups excluding carboxylic acids is 4. The molecule has 0 aromatic heterocycles. The van der Waals surface area contributed by atoms with Crippen LogP contribution in [0.25, 0.3) is 0 Å². The third kappa shape index (κ3) is 6.35. The van der Waals surface area contributed by atoms with E-state index in [0.717, 1.165) is 4.90 Å². The first kappa shape index (κ1) is 22.0. The number of thioether (sulfide) groups is 1. The van der Waals surface area contributed by atoms with Gasteiger partial charge in [0.1, 0.15) is 0 Å². The number of methoxy groups -OCH3 is 2. The fraction of sp³-hybridized carbons (Fsp3) is 0.200. The second-order valence-corrected chi connectivity index (χ2v) is 6.83. The van der Waals surface area contributed by atoms with Gasteiger partial charge in [-0.2, -0.15) is 0 Å². The number of anilines is 2. The highest BCUT2D eigenvalue weighted by atomic mass is 32.2. The lowest BCUT2D eigenvalue weighted by Crippen LogP contribution is -2.18. The first-order valence-electron chi connectivity index (χ1n) is 8.45. The molecule has 0 fully saturated rings. The zero-order chi connectivity index (χ0) is 21.4. The first-order chi connectivity index (χ1) is 13.8. The van der Waals surface area contributed by atoms with Gasteiger partial charge in [-0.05, 0) is 42.5 Å². The van der Waals surface area contributed by atoms with Crippen molar-refractivity contribution < 1.29 is 28.7 Å². The quantitative estimate of drug-likeness (QED) is 0.527. The molecule has 2 rings (SSSR count). The summed E-state index contributed by atoms with van der Waals surface area (Å²) >= 11 is 1.28. The topological polar surface area (TPSA) is 111 Å². The van der Waals surface area contributed by atoms with E-state index in [4.69, 9.17) is 4.74 Å². The van der Waals surface area contributed by atoms with Crippen molar-refractivity contribution in [3.8, 4) is 0 Å². The predicted molar refractivity (Wildman–Crippen MR) is 109 cm³/mol. The van der Waals surface area contributed by atoms with E-state index in [1.54, 1.807) is 24.3 Å². The summed E-state index contributed by atoms with van der Waals surface area (Å²) in [6, 6.07) is 11.2. The number of ether oxygens (including phenoxy) is 2. The van der Waals surface area contributed by atoms with Crippen LogP contribution in [0.5, 0.6) is 0 Å². The van der Waals surface area contributed by atoms with Gasteiger partial charge in [0, 0.05) is 17.5 Å². The minimum atomic E-state index is -0.641. The second kappa shape index (κ2) is 10.3. The number of nitrogens with one attached hydrogen (secondary N) is 2. The molecule has 8 nitrogen and oxygen atoms in total. The van der Waals surface area contributed by atoms with Crippen molar-refractivity contribution in [3.63, 3.8) is 0 Å². The molecule has 2 aromatic rings. The first-order valence-corrected chi connectivity index (χ1v) is 9.43. The predicted octanol–water partition coefficient (Wildman–Crippen LogP) is 2.95. The normalized spacial score (nSPS) is 10.0. The number of hydrogen-bond donors (Lipinski definition) is 2. The minimum absolute atomic E-state index is 0.0720. The van der Waals surface area contributed by atoms with Crippen molar-refractivity contribution in [2.24, 2.45) is 0 Å². The van der Waals surface area contributed by atoms with E-state index in [2.05, 4.69) is 15.4 Å². The molecule has 2 N–H and O–H groups in total. The van der Waals surface area contributed by atoms with Crippen LogP contribution >= 0.6 is 11.8 Å². The highest BCUT2D eigenvalue weighted by Gasteiger charge is 2.17. The van der Waals surface area contributed by atoms with Gasteiger partial charge in [-0.3, -0.25) is 9.59 Å². The molecule has 152 valence electrons. The Labute approximate surface area is 172 Å². The van der Waals surface area contributed by atoms with Crippen LogP contribution in [0.1, 0.15) is 27.6 Å². The van der Waals surface area contributed by atoms with Crippen molar-refractivity contribution in [1.82, 2.24) is 0 Å². The fourth-order valence-corrected chi connectivity index (χ4v) is 3.05. The lowest BCUT2D eigenvalue weighted by atomic mass is 10.1. The molecule has 0 unspecified atom stereocenters. The Morgan fingerprint density at radius 3 is 2.14 bits per heavy atom. The molecule has 0 saturated heterocycles. The molecule has 2 amide bonds. The lowest BCUT2D eigenvalue weighted by Gasteiger charge is -2.11. The number of hydrogen-bond acceptors (Lipinski definition) is 7. The smallest absolute Gasteiger partial charge is 0.339 e. The van der Waals surface area contributed by atoms with Gasteiger partial charge in [0.05, 0.1) is 36.8 Å². The van der Waals surface area contributed by atoms with Crippen LogP contribution in [0, 0.1) is 0 Å². The Morgan fingerprint density at radius 2 is 1.55 bits per heavy atom. The van der Waals surface area contributed by atoms with E-state index in [1.807, 2.05) is 0 Å². The maximum Gasteiger partial charge on any atom is 0.339 e. The van der Waals surface area contributed by atoms with Gasteiger partial charge in [-0.15, -0.1) is 11.8 Å². The van der Waals surface area contributed by atoms with Gasteiger partial charge < -0.3 is 20.1 Å². The Balaban J connectivity index is 2.07. The molecule has 0 aliphatic carbocycles. The summed E-state index contributed by atoms with van der Waals surface area (Å²) in [5, 5.41) is 5.29. The molecule has 0 heterocycles. The Kier molecular flexibility index (Phi) is 7.79. The highest BCUT2D eigenvalue weighted by Crippen LogP contribution is 2.23. The molecule has 0 aliphatic rings. The summed E-state index contributed by atoms with van der Waals surface area (Å²) in [4.78, 5) is 47.9. The Hall–Kier alpha value is -3.33. The summed E-state index contributed by atoms with van der Waals surface area (Å²) in [5.74, 6) is -1.69. The van der Waals surface area contributed by atoms with E-state index < -0.39 is 11.9 Å². The molecule has 0 atom stereocenters. The van der Waals surface area contributed by atoms with E-state index in [-0.39, 0.29) is 34.4 Å². The largest absolute Gasteiger partial charge is 0.465 e. The van der Waals surface area contributed by atoms with Crippen LogP contribution in [-0.2, 0) is 19.1 Å². The molecule has 0 spiro atoms. The minimum Gasteiger partial charge on any atom is -0.465 e. The summed E-state index contributed by atoms with van der Waals surface area (Å²) in [7, 11) is 2.46. The average molecular weight is 416 g/mol. The van der Waals surface area contributed by atoms with Crippen LogP contribution in [0.2, 0.25) is 0 Å². The van der Waals surface area contributed by atoms with Crippen LogP contribution in [0.4, 0.5) is 11.4 Å². The van der Waals surface area contributed by atoms with E-state index in [9.17, 15) is 19.2 Å². The Morgan fingerprint density at radius 1 is 0.897 bits per heavy atom. The third-order valence-electron chi connectivity index (χ3n) is 3.66. The molecule has 0 saturated carbocycles. The van der Waals surface area contributed by atoms with Crippen LogP contribution in [-0.4, -0.2) is 43.7 Å². The van der Waals surface area contributed by atoms with Crippen LogP contribution in [0.3, 0.4) is 0 Å². The van der Waals surface area contributed by atoms with Crippen molar-refractivity contribution in [3.05, 3.63) is 53.6 Å². The third-order valence-corrected chi connectivity index (χ3v) is 4.68. The van der Waals surface area contributed by atoms with Crippen LogP contribution < -0.4 is 10.6 Å². The lowest BCUT2D eigenvalue weighted by molar-refractivity contribution is -0.114. The monoisotopic (exact) mass is 416 g/mol. The van der Waals surface area contributed by atoms with E-state index in [0.29, 0.717) is 5.69 Å². The summed E-state index contributed by atoms with van der Waals surface area (Å²) in [5.41, 5.74) is 1.13. The summed E-state index contributed by atoms with van der Waals surface area (Å²) < 4.78 is 9.38. The maximum absolute atomic E-state index is 12.4. The maximum atomic E-state index is 12.4. The number of carbonyl (C=O) groups is 4. The second-order valence-electron chi connectivity index (χ2n) is 5.79. The number of esters is 2. The number of benzene rings is 2. The molecule has 0 bridgehead atoms. The fourth-order valence-electron chi connectivity index (χ4n) is 2.35. The number of rotatable bonds is 7. The van der Waals surface area contributed by atoms with Crippen molar-refractivity contribution in [2.75, 3.05) is 30.6 Å². The molecule has 9 heteroatoms. The number of amides is 2. The molecule has 29 heavy (non-hydrogen) atoms. The van der Waals surface area contributed by atoms with Crippen molar-refractivity contribution in [2.45, 2.75) is 11.8 Å². The van der Waals surface area contributed by atoms with Gasteiger partial charge in [0.15, 0.2) is 0 Å². The van der Waals surface area contributed by atoms with Crippen LogP contribution in [0.15, 0.2) is 47.4 Å². The van der Waals surface area contributed by atoms with Gasteiger partial charge in [0.2, 0.25) is 11.8 Å². The molecular weight excluding hydrogens is 396 g/mol. The zero-order valence-electron chi connectivity index (χ0n) is 16.1. The van der Waals surface area contributed by atoms with E-state index in [1.165, 1.54) is 51.1 Å². The molecule has 2 aromatic carbocycles. The summed E-state index contributed by atoms with van der Waals surface area (Å²) in [6.45, 7) is 1.42. The SMILES string of the molecule is COC(=O)c1ccc(C(=O)OC)c(NC(=O)CSc2ccc(NC(C)=O)cc2)c1. The van der Waals surface area contributed by atoms with Gasteiger partial charge >= 0.3 is 11.9 Å². The van der Waals surface area contributed by atoms with Gasteiger partial charge in [-0.1, -0.05) is 0 Å².